The van der Waals surface area contributed by atoms with Gasteiger partial charge in [0, 0.05) is 12.1 Å². The highest BCUT2D eigenvalue weighted by atomic mass is 19.1. The molecule has 37 heavy (non-hydrogen) atoms. The third kappa shape index (κ3) is 5.77. The summed E-state index contributed by atoms with van der Waals surface area (Å²) in [4.78, 5) is 26.3. The maximum absolute atomic E-state index is 15.0. The summed E-state index contributed by atoms with van der Waals surface area (Å²) < 4.78 is 22.2. The molecule has 12 nitrogen and oxygen atoms in total. The lowest BCUT2D eigenvalue weighted by atomic mass is 10.1. The normalized spacial score (nSPS) is 12.2. The molecule has 1 amide bonds. The van der Waals surface area contributed by atoms with E-state index >= 15 is 4.39 Å². The Morgan fingerprint density at radius 3 is 2.57 bits per heavy atom. The second-order valence-corrected chi connectivity index (χ2v) is 9.00. The van der Waals surface area contributed by atoms with Crippen molar-refractivity contribution in [1.29, 1.82) is 0 Å². The number of benzene rings is 1. The van der Waals surface area contributed by atoms with Crippen molar-refractivity contribution in [2.24, 2.45) is 0 Å². The predicted octanol–water partition coefficient (Wildman–Crippen LogP) is 3.23. The number of aliphatic hydroxyl groups excluding tert-OH is 1. The molecule has 3 aromatic heterocycles. The van der Waals surface area contributed by atoms with Crippen LogP contribution in [0.1, 0.15) is 51.0 Å². The van der Waals surface area contributed by atoms with Crippen molar-refractivity contribution in [3.63, 3.8) is 0 Å². The predicted molar refractivity (Wildman–Crippen MR) is 135 cm³/mol. The van der Waals surface area contributed by atoms with Gasteiger partial charge in [0.05, 0.1) is 35.3 Å². The zero-order valence-electron chi connectivity index (χ0n) is 21.1. The molecular weight excluding hydrogens is 481 g/mol. The quantitative estimate of drug-likeness (QED) is 0.306. The van der Waals surface area contributed by atoms with Gasteiger partial charge >= 0.3 is 0 Å². The Labute approximate surface area is 212 Å². The lowest BCUT2D eigenvalue weighted by molar-refractivity contribution is 0.102. The standard InChI is InChI=1S/C24H28FN9O3/c1-12(2)26-21-24(37-13(3)4)29-19-10-16(25)15(9-18(19)28-21)23(36)30-20-8-6-7-17(27-20)22-31-32-33-34(22)14(5)11-35/h6-10,12-14,35H,11H2,1-5H3,(H,26,28)(H,27,30,36)/t14-/m0/s1. The molecule has 0 radical (unpaired) electrons. The third-order valence-corrected chi connectivity index (χ3v) is 5.13. The van der Waals surface area contributed by atoms with Crippen LogP contribution < -0.4 is 15.4 Å². The van der Waals surface area contributed by atoms with Gasteiger partial charge < -0.3 is 20.5 Å². The fourth-order valence-corrected chi connectivity index (χ4v) is 3.46. The number of carbonyl (C=O) groups is 1. The highest BCUT2D eigenvalue weighted by Crippen LogP contribution is 2.27. The van der Waals surface area contributed by atoms with Crippen molar-refractivity contribution >= 4 is 28.6 Å². The maximum Gasteiger partial charge on any atom is 0.259 e. The Morgan fingerprint density at radius 2 is 1.86 bits per heavy atom. The van der Waals surface area contributed by atoms with Crippen molar-refractivity contribution in [3.05, 3.63) is 41.7 Å². The Balaban J connectivity index is 1.65. The van der Waals surface area contributed by atoms with Gasteiger partial charge in [-0.05, 0) is 63.2 Å². The number of fused-ring (bicyclic) bond motifs is 1. The molecule has 194 valence electrons. The van der Waals surface area contributed by atoms with Crippen LogP contribution in [0, 0.1) is 5.82 Å². The minimum atomic E-state index is -0.767. The molecule has 1 atom stereocenters. The molecule has 0 spiro atoms. The minimum Gasteiger partial charge on any atom is -0.472 e. The lowest BCUT2D eigenvalue weighted by Crippen LogP contribution is -2.17. The first kappa shape index (κ1) is 25.8. The summed E-state index contributed by atoms with van der Waals surface area (Å²) in [5.74, 6) is -0.340. The van der Waals surface area contributed by atoms with Crippen molar-refractivity contribution in [3.8, 4) is 17.4 Å². The molecule has 13 heteroatoms. The SMILES string of the molecule is CC(C)Nc1nc2cc(C(=O)Nc3cccc(-c4nnnn4[C@@H](C)CO)n3)c(F)cc2nc1OC(C)C. The zero-order chi connectivity index (χ0) is 26.7. The summed E-state index contributed by atoms with van der Waals surface area (Å²) in [6, 6.07) is 7.03. The topological polar surface area (TPSA) is 153 Å². The molecule has 3 N–H and O–H groups in total. The summed E-state index contributed by atoms with van der Waals surface area (Å²) in [6.07, 6.45) is -0.158. The second kappa shape index (κ2) is 10.8. The summed E-state index contributed by atoms with van der Waals surface area (Å²) >= 11 is 0. The number of halogens is 1. The number of anilines is 2. The van der Waals surface area contributed by atoms with Crippen LogP contribution >= 0.6 is 0 Å². The number of ether oxygens (including phenoxy) is 1. The van der Waals surface area contributed by atoms with Gasteiger partial charge in [-0.25, -0.2) is 24.0 Å². The van der Waals surface area contributed by atoms with E-state index in [1.165, 1.54) is 10.7 Å². The number of hydrogen-bond acceptors (Lipinski definition) is 10. The van der Waals surface area contributed by atoms with Crippen LogP contribution in [-0.4, -0.2) is 64.9 Å². The number of hydrogen-bond donors (Lipinski definition) is 3. The average Bonchev–Trinajstić information content (AvgIpc) is 3.33. The van der Waals surface area contributed by atoms with Gasteiger partial charge in [-0.3, -0.25) is 4.79 Å². The first-order valence-corrected chi connectivity index (χ1v) is 11.8. The van der Waals surface area contributed by atoms with Gasteiger partial charge in [-0.15, -0.1) is 5.10 Å². The number of pyridine rings is 1. The van der Waals surface area contributed by atoms with Crippen LogP contribution in [0.2, 0.25) is 0 Å². The average molecular weight is 510 g/mol. The Kier molecular flexibility index (Phi) is 7.53. The van der Waals surface area contributed by atoms with Crippen molar-refractivity contribution < 1.29 is 19.0 Å². The number of aromatic nitrogens is 7. The van der Waals surface area contributed by atoms with Gasteiger partial charge in [0.2, 0.25) is 5.82 Å². The summed E-state index contributed by atoms with van der Waals surface area (Å²) in [5, 5.41) is 26.7. The summed E-state index contributed by atoms with van der Waals surface area (Å²) in [6.45, 7) is 9.18. The van der Waals surface area contributed by atoms with E-state index in [0.717, 1.165) is 6.07 Å². The fourth-order valence-electron chi connectivity index (χ4n) is 3.46. The summed E-state index contributed by atoms with van der Waals surface area (Å²) in [5.41, 5.74) is 0.726. The molecule has 1 aromatic carbocycles. The number of rotatable bonds is 9. The van der Waals surface area contributed by atoms with E-state index in [1.54, 1.807) is 25.1 Å². The van der Waals surface area contributed by atoms with Crippen molar-refractivity contribution in [1.82, 2.24) is 35.2 Å². The number of nitrogens with one attached hydrogen (secondary N) is 2. The fraction of sp³-hybridized carbons (Fsp3) is 0.375. The van der Waals surface area contributed by atoms with E-state index in [0.29, 0.717) is 22.9 Å². The van der Waals surface area contributed by atoms with Gasteiger partial charge in [-0.1, -0.05) is 6.07 Å². The van der Waals surface area contributed by atoms with Gasteiger partial charge in [0.25, 0.3) is 11.8 Å². The molecule has 0 aliphatic carbocycles. The molecular formula is C24H28FN9O3. The van der Waals surface area contributed by atoms with Crippen molar-refractivity contribution in [2.75, 3.05) is 17.2 Å². The molecule has 0 aliphatic heterocycles. The van der Waals surface area contributed by atoms with Crippen molar-refractivity contribution in [2.45, 2.75) is 52.8 Å². The zero-order valence-corrected chi connectivity index (χ0v) is 21.1. The van der Waals surface area contributed by atoms with Gasteiger partial charge in [-0.2, -0.15) is 0 Å². The van der Waals surface area contributed by atoms with Gasteiger partial charge in [0.1, 0.15) is 17.3 Å². The monoisotopic (exact) mass is 509 g/mol. The molecule has 4 rings (SSSR count). The summed E-state index contributed by atoms with van der Waals surface area (Å²) in [7, 11) is 0. The molecule has 0 saturated carbocycles. The van der Waals surface area contributed by atoms with Crippen LogP contribution in [0.25, 0.3) is 22.6 Å². The van der Waals surface area contributed by atoms with E-state index in [1.807, 2.05) is 27.7 Å². The maximum atomic E-state index is 15.0. The van der Waals surface area contributed by atoms with E-state index < -0.39 is 11.7 Å². The lowest BCUT2D eigenvalue weighted by Gasteiger charge is -2.16. The second-order valence-electron chi connectivity index (χ2n) is 9.00. The number of carbonyl (C=O) groups excluding carboxylic acids is 1. The molecule has 0 fully saturated rings. The Hall–Kier alpha value is -4.26. The number of amides is 1. The van der Waals surface area contributed by atoms with Crippen LogP contribution in [-0.2, 0) is 0 Å². The molecule has 4 aromatic rings. The van der Waals surface area contributed by atoms with E-state index in [9.17, 15) is 9.90 Å². The van der Waals surface area contributed by atoms with Crippen LogP contribution in [0.3, 0.4) is 0 Å². The first-order valence-electron chi connectivity index (χ1n) is 11.8. The highest BCUT2D eigenvalue weighted by Gasteiger charge is 2.20. The third-order valence-electron chi connectivity index (χ3n) is 5.13. The minimum absolute atomic E-state index is 0.0455. The molecule has 0 unspecified atom stereocenters. The highest BCUT2D eigenvalue weighted by molar-refractivity contribution is 6.05. The molecule has 0 aliphatic rings. The smallest absolute Gasteiger partial charge is 0.259 e. The largest absolute Gasteiger partial charge is 0.472 e. The van der Waals surface area contributed by atoms with E-state index in [4.69, 9.17) is 4.74 Å². The number of aliphatic hydroxyl groups is 1. The van der Waals surface area contributed by atoms with Crippen LogP contribution in [0.4, 0.5) is 16.0 Å². The number of tetrazole rings is 1. The first-order chi connectivity index (χ1) is 17.7. The Bertz CT molecular complexity index is 1420. The van der Waals surface area contributed by atoms with E-state index in [-0.39, 0.29) is 47.6 Å². The molecule has 3 heterocycles. The van der Waals surface area contributed by atoms with Gasteiger partial charge in [0.15, 0.2) is 5.82 Å². The van der Waals surface area contributed by atoms with E-state index in [2.05, 4.69) is 41.1 Å². The Morgan fingerprint density at radius 1 is 1.11 bits per heavy atom. The molecule has 0 bridgehead atoms. The molecule has 0 saturated heterocycles. The van der Waals surface area contributed by atoms with Crippen LogP contribution in [0.15, 0.2) is 30.3 Å². The number of nitrogens with zero attached hydrogens (tertiary/aromatic N) is 7. The van der Waals surface area contributed by atoms with Crippen LogP contribution in [0.5, 0.6) is 5.88 Å².